The fourth-order valence-electron chi connectivity index (χ4n) is 1.18. The van der Waals surface area contributed by atoms with Gasteiger partial charge >= 0.3 is 6.01 Å². The predicted octanol–water partition coefficient (Wildman–Crippen LogP) is 1.17. The highest BCUT2D eigenvalue weighted by Crippen LogP contribution is 2.11. The van der Waals surface area contributed by atoms with Crippen molar-refractivity contribution in [3.05, 3.63) is 22.0 Å². The first-order valence-corrected chi connectivity index (χ1v) is 5.78. The summed E-state index contributed by atoms with van der Waals surface area (Å²) in [7, 11) is 1.83. The van der Waals surface area contributed by atoms with Crippen molar-refractivity contribution < 1.29 is 4.42 Å². The summed E-state index contributed by atoms with van der Waals surface area (Å²) in [6.07, 6.45) is 0. The van der Waals surface area contributed by atoms with Gasteiger partial charge in [0.25, 0.3) is 0 Å². The van der Waals surface area contributed by atoms with E-state index >= 15 is 0 Å². The van der Waals surface area contributed by atoms with Crippen LogP contribution in [0.3, 0.4) is 0 Å². The fourth-order valence-corrected chi connectivity index (χ4v) is 1.89. The van der Waals surface area contributed by atoms with Gasteiger partial charge in [0.1, 0.15) is 5.01 Å². The Hall–Kier alpha value is -1.47. The van der Waals surface area contributed by atoms with Crippen LogP contribution in [0.4, 0.5) is 6.01 Å². The Balaban J connectivity index is 1.89. The molecule has 0 unspecified atom stereocenters. The zero-order valence-electron chi connectivity index (χ0n) is 9.15. The largest absolute Gasteiger partial charge is 0.407 e. The lowest BCUT2D eigenvalue weighted by Crippen LogP contribution is -2.04. The van der Waals surface area contributed by atoms with Crippen LogP contribution in [0.2, 0.25) is 0 Å². The van der Waals surface area contributed by atoms with Crippen LogP contribution in [0.5, 0.6) is 0 Å². The van der Waals surface area contributed by atoms with E-state index in [0.717, 1.165) is 10.7 Å². The maximum absolute atomic E-state index is 5.33. The van der Waals surface area contributed by atoms with Crippen molar-refractivity contribution in [2.45, 2.75) is 20.0 Å². The molecule has 2 N–H and O–H groups in total. The number of hydrogen-bond donors (Lipinski definition) is 2. The van der Waals surface area contributed by atoms with Crippen LogP contribution in [0, 0.1) is 6.92 Å². The lowest BCUT2D eigenvalue weighted by Gasteiger charge is -1.96. The number of nitrogens with one attached hydrogen (secondary N) is 2. The monoisotopic (exact) mass is 239 g/mol. The second-order valence-corrected chi connectivity index (χ2v) is 4.21. The van der Waals surface area contributed by atoms with E-state index in [4.69, 9.17) is 4.42 Å². The number of thiazole rings is 1. The van der Waals surface area contributed by atoms with Crippen molar-refractivity contribution in [2.75, 3.05) is 12.4 Å². The Morgan fingerprint density at radius 3 is 2.94 bits per heavy atom. The van der Waals surface area contributed by atoms with Crippen molar-refractivity contribution in [1.82, 2.24) is 20.5 Å². The Labute approximate surface area is 97.1 Å². The summed E-state index contributed by atoms with van der Waals surface area (Å²) in [6.45, 7) is 3.16. The molecule has 16 heavy (non-hydrogen) atoms. The quantitative estimate of drug-likeness (QED) is 0.815. The first-order valence-electron chi connectivity index (χ1n) is 4.90. The maximum Gasteiger partial charge on any atom is 0.315 e. The van der Waals surface area contributed by atoms with Crippen molar-refractivity contribution in [1.29, 1.82) is 0 Å². The summed E-state index contributed by atoms with van der Waals surface area (Å²) < 4.78 is 5.33. The number of aryl methyl sites for hydroxylation is 1. The van der Waals surface area contributed by atoms with Crippen LogP contribution in [0.15, 0.2) is 9.80 Å². The van der Waals surface area contributed by atoms with Gasteiger partial charge in [0.2, 0.25) is 5.89 Å². The smallest absolute Gasteiger partial charge is 0.315 e. The molecule has 0 atom stereocenters. The molecule has 0 aliphatic rings. The molecule has 0 aliphatic carbocycles. The zero-order valence-corrected chi connectivity index (χ0v) is 9.97. The third kappa shape index (κ3) is 2.77. The van der Waals surface area contributed by atoms with Crippen LogP contribution >= 0.6 is 11.3 Å². The summed E-state index contributed by atoms with van der Waals surface area (Å²) in [5.41, 5.74) is 1.03. The first kappa shape index (κ1) is 11.0. The lowest BCUT2D eigenvalue weighted by molar-refractivity contribution is 0.489. The summed E-state index contributed by atoms with van der Waals surface area (Å²) in [5, 5.41) is 16.7. The Bertz CT molecular complexity index is 452. The number of hydrogen-bond acceptors (Lipinski definition) is 7. The van der Waals surface area contributed by atoms with Gasteiger partial charge in [-0.2, -0.15) is 0 Å². The van der Waals surface area contributed by atoms with Gasteiger partial charge in [0.15, 0.2) is 0 Å². The van der Waals surface area contributed by atoms with Gasteiger partial charge in [-0.15, -0.1) is 16.4 Å². The van der Waals surface area contributed by atoms with E-state index in [1.54, 1.807) is 11.3 Å². The van der Waals surface area contributed by atoms with Gasteiger partial charge in [-0.25, -0.2) is 4.98 Å². The zero-order chi connectivity index (χ0) is 11.4. The molecule has 2 aromatic rings. The average Bonchev–Trinajstić information content (AvgIpc) is 2.85. The van der Waals surface area contributed by atoms with Gasteiger partial charge in [0.05, 0.1) is 13.1 Å². The van der Waals surface area contributed by atoms with Crippen molar-refractivity contribution >= 4 is 17.4 Å². The van der Waals surface area contributed by atoms with E-state index in [1.165, 1.54) is 0 Å². The average molecular weight is 239 g/mol. The van der Waals surface area contributed by atoms with Gasteiger partial charge in [-0.05, 0) is 14.0 Å². The second kappa shape index (κ2) is 5.04. The van der Waals surface area contributed by atoms with Crippen LogP contribution in [-0.4, -0.2) is 22.2 Å². The standard InChI is InChI=1S/C9H13N5OS/c1-6-5-16-8(12-6)4-11-9-14-13-7(15-9)3-10-2/h5,10H,3-4H2,1-2H3,(H,11,14). The Morgan fingerprint density at radius 2 is 2.25 bits per heavy atom. The SMILES string of the molecule is CNCc1nnc(NCc2nc(C)cs2)o1. The topological polar surface area (TPSA) is 75.9 Å². The summed E-state index contributed by atoms with van der Waals surface area (Å²) in [5.74, 6) is 0.570. The predicted molar refractivity (Wildman–Crippen MR) is 61.2 cm³/mol. The van der Waals surface area contributed by atoms with Crippen molar-refractivity contribution in [2.24, 2.45) is 0 Å². The van der Waals surface area contributed by atoms with E-state index in [9.17, 15) is 0 Å². The molecule has 6 nitrogen and oxygen atoms in total. The van der Waals surface area contributed by atoms with Crippen LogP contribution in [0.1, 0.15) is 16.6 Å². The van der Waals surface area contributed by atoms with Crippen LogP contribution in [-0.2, 0) is 13.1 Å². The molecular weight excluding hydrogens is 226 g/mol. The third-order valence-corrected chi connectivity index (χ3v) is 2.82. The molecule has 2 heterocycles. The number of aromatic nitrogens is 3. The molecule has 0 saturated heterocycles. The third-order valence-electron chi connectivity index (χ3n) is 1.85. The molecule has 2 rings (SSSR count). The minimum Gasteiger partial charge on any atom is -0.407 e. The number of anilines is 1. The minimum absolute atomic E-state index is 0.429. The molecule has 0 radical (unpaired) electrons. The molecular formula is C9H13N5OS. The maximum atomic E-state index is 5.33. The number of rotatable bonds is 5. The van der Waals surface area contributed by atoms with Crippen LogP contribution in [0.25, 0.3) is 0 Å². The van der Waals surface area contributed by atoms with Gasteiger partial charge in [-0.3, -0.25) is 0 Å². The highest BCUT2D eigenvalue weighted by molar-refractivity contribution is 7.09. The highest BCUT2D eigenvalue weighted by Gasteiger charge is 2.05. The summed E-state index contributed by atoms with van der Waals surface area (Å²) >= 11 is 1.61. The molecule has 0 fully saturated rings. The molecule has 0 aromatic carbocycles. The number of nitrogens with zero attached hydrogens (tertiary/aromatic N) is 3. The normalized spacial score (nSPS) is 10.6. The molecule has 86 valence electrons. The van der Waals surface area contributed by atoms with Crippen molar-refractivity contribution in [3.8, 4) is 0 Å². The highest BCUT2D eigenvalue weighted by atomic mass is 32.1. The summed E-state index contributed by atoms with van der Waals surface area (Å²) in [6, 6.07) is 0.429. The van der Waals surface area contributed by atoms with Crippen molar-refractivity contribution in [3.63, 3.8) is 0 Å². The van der Waals surface area contributed by atoms with Gasteiger partial charge in [-0.1, -0.05) is 5.10 Å². The molecule has 0 amide bonds. The molecule has 0 aliphatic heterocycles. The van der Waals surface area contributed by atoms with Crippen LogP contribution < -0.4 is 10.6 Å². The van der Waals surface area contributed by atoms with Gasteiger partial charge < -0.3 is 15.1 Å². The first-order chi connectivity index (χ1) is 7.78. The molecule has 2 aromatic heterocycles. The van der Waals surface area contributed by atoms with E-state index in [0.29, 0.717) is 25.0 Å². The molecule has 0 saturated carbocycles. The second-order valence-electron chi connectivity index (χ2n) is 3.27. The molecule has 0 bridgehead atoms. The molecule has 7 heteroatoms. The van der Waals surface area contributed by atoms with E-state index in [-0.39, 0.29) is 0 Å². The Morgan fingerprint density at radius 1 is 1.38 bits per heavy atom. The fraction of sp³-hybridized carbons (Fsp3) is 0.444. The van der Waals surface area contributed by atoms with E-state index in [2.05, 4.69) is 25.8 Å². The lowest BCUT2D eigenvalue weighted by atomic mass is 10.6. The van der Waals surface area contributed by atoms with Gasteiger partial charge in [0, 0.05) is 11.1 Å². The molecule has 0 spiro atoms. The Kier molecular flexibility index (Phi) is 3.47. The van der Waals surface area contributed by atoms with E-state index < -0.39 is 0 Å². The summed E-state index contributed by atoms with van der Waals surface area (Å²) in [4.78, 5) is 4.32. The minimum atomic E-state index is 0.429. The van der Waals surface area contributed by atoms with E-state index in [1.807, 2.05) is 19.4 Å².